The van der Waals surface area contributed by atoms with Crippen LogP contribution in [0.5, 0.6) is 0 Å². The highest BCUT2D eigenvalue weighted by atomic mass is 16.1. The molecule has 0 heterocycles. The van der Waals surface area contributed by atoms with Crippen LogP contribution in [0.1, 0.15) is 19.8 Å². The van der Waals surface area contributed by atoms with Crippen molar-refractivity contribution in [3.8, 4) is 0 Å². The van der Waals surface area contributed by atoms with Crippen LogP contribution in [0, 0.1) is 5.41 Å². The van der Waals surface area contributed by atoms with Gasteiger partial charge in [-0.1, -0.05) is 13.0 Å². The lowest BCUT2D eigenvalue weighted by atomic mass is 10.1. The van der Waals surface area contributed by atoms with Gasteiger partial charge in [-0.25, -0.2) is 0 Å². The zero-order valence-corrected chi connectivity index (χ0v) is 5.05. The molecule has 0 aromatic heterocycles. The van der Waals surface area contributed by atoms with E-state index in [1.807, 2.05) is 6.08 Å². The van der Waals surface area contributed by atoms with E-state index in [4.69, 9.17) is 0 Å². The smallest absolute Gasteiger partial charge is 0.142 e. The van der Waals surface area contributed by atoms with Gasteiger partial charge in [-0.3, -0.25) is 4.79 Å². The Morgan fingerprint density at radius 1 is 1.50 bits per heavy atom. The Labute approximate surface area is 49.4 Å². The number of hydrogen-bond acceptors (Lipinski definition) is 1. The van der Waals surface area contributed by atoms with Crippen LogP contribution in [0.3, 0.4) is 0 Å². The maximum Gasteiger partial charge on any atom is 0.142 e. The molecular weight excluding hydrogens is 100 g/mol. The molecule has 0 N–H and O–H groups in total. The fourth-order valence-electron chi connectivity index (χ4n) is 0.635. The minimum absolute atomic E-state index is 0.390. The van der Waals surface area contributed by atoms with Crippen molar-refractivity contribution in [2.24, 2.45) is 5.41 Å². The molecule has 1 nitrogen and oxygen atoms in total. The average Bonchev–Trinajstić information content (AvgIpc) is 2.45. The molecule has 0 radical (unpaired) electrons. The molecule has 44 valence electrons. The first-order chi connectivity index (χ1) is 3.77. The summed E-state index contributed by atoms with van der Waals surface area (Å²) in [7, 11) is 0. The number of carbonyl (C=O) groups is 1. The number of rotatable bonds is 2. The van der Waals surface area contributed by atoms with Crippen LogP contribution in [-0.4, -0.2) is 6.29 Å². The van der Waals surface area contributed by atoms with Gasteiger partial charge < -0.3 is 0 Å². The lowest BCUT2D eigenvalue weighted by Gasteiger charge is -1.92. The van der Waals surface area contributed by atoms with Gasteiger partial charge in [0, 0.05) is 0 Å². The van der Waals surface area contributed by atoms with Gasteiger partial charge >= 0.3 is 0 Å². The molecule has 0 amide bonds. The second-order valence-corrected chi connectivity index (χ2v) is 2.65. The van der Waals surface area contributed by atoms with Crippen LogP contribution in [0.15, 0.2) is 12.2 Å². The summed E-state index contributed by atoms with van der Waals surface area (Å²) in [5.41, 5.74) is 0.390. The number of aldehydes is 1. The van der Waals surface area contributed by atoms with Crippen molar-refractivity contribution < 1.29 is 4.79 Å². The molecule has 1 aliphatic rings. The Morgan fingerprint density at radius 2 is 2.12 bits per heavy atom. The van der Waals surface area contributed by atoms with E-state index in [1.165, 1.54) is 12.8 Å². The molecule has 0 saturated heterocycles. The maximum absolute atomic E-state index is 9.79. The van der Waals surface area contributed by atoms with E-state index in [9.17, 15) is 4.79 Å². The summed E-state index contributed by atoms with van der Waals surface area (Å²) < 4.78 is 0. The van der Waals surface area contributed by atoms with Crippen LogP contribution in [0.25, 0.3) is 0 Å². The minimum Gasteiger partial charge on any atom is -0.299 e. The lowest BCUT2D eigenvalue weighted by Crippen LogP contribution is -1.82. The molecule has 8 heavy (non-hydrogen) atoms. The van der Waals surface area contributed by atoms with Gasteiger partial charge in [-0.15, -0.1) is 0 Å². The molecule has 0 aromatic rings. The largest absolute Gasteiger partial charge is 0.299 e. The second kappa shape index (κ2) is 1.73. The predicted octanol–water partition coefficient (Wildman–Crippen LogP) is 1.54. The summed E-state index contributed by atoms with van der Waals surface area (Å²) in [6.45, 7) is 2.16. The van der Waals surface area contributed by atoms with Gasteiger partial charge in [-0.2, -0.15) is 0 Å². The Morgan fingerprint density at radius 3 is 2.50 bits per heavy atom. The molecule has 0 aromatic carbocycles. The molecule has 0 aliphatic heterocycles. The van der Waals surface area contributed by atoms with Crippen LogP contribution in [-0.2, 0) is 4.79 Å². The van der Waals surface area contributed by atoms with Gasteiger partial charge in [0.15, 0.2) is 0 Å². The topological polar surface area (TPSA) is 17.1 Å². The van der Waals surface area contributed by atoms with E-state index in [0.717, 1.165) is 6.29 Å². The van der Waals surface area contributed by atoms with Gasteiger partial charge in [-0.05, 0) is 24.3 Å². The predicted molar refractivity (Wildman–Crippen MR) is 32.5 cm³/mol. The second-order valence-electron chi connectivity index (χ2n) is 2.65. The van der Waals surface area contributed by atoms with E-state index in [-0.39, 0.29) is 0 Å². The van der Waals surface area contributed by atoms with Crippen LogP contribution in [0.4, 0.5) is 0 Å². The Hall–Kier alpha value is -0.590. The third-order valence-corrected chi connectivity index (χ3v) is 1.62. The Bertz CT molecular complexity index is 120. The van der Waals surface area contributed by atoms with Gasteiger partial charge in [0.25, 0.3) is 0 Å². The first kappa shape index (κ1) is 5.54. The van der Waals surface area contributed by atoms with E-state index in [0.29, 0.717) is 5.41 Å². The van der Waals surface area contributed by atoms with Crippen molar-refractivity contribution in [1.29, 1.82) is 0 Å². The zero-order chi connectivity index (χ0) is 6.04. The first-order valence-electron chi connectivity index (χ1n) is 2.90. The van der Waals surface area contributed by atoms with Crippen molar-refractivity contribution in [3.63, 3.8) is 0 Å². The molecule has 1 heteroatoms. The summed E-state index contributed by atoms with van der Waals surface area (Å²) in [6.07, 6.45) is 6.91. The molecule has 1 fully saturated rings. The normalized spacial score (nSPS) is 23.6. The third kappa shape index (κ3) is 1.19. The quantitative estimate of drug-likeness (QED) is 0.389. The van der Waals surface area contributed by atoms with Crippen LogP contribution < -0.4 is 0 Å². The Balaban J connectivity index is 2.38. The summed E-state index contributed by atoms with van der Waals surface area (Å²) in [5.74, 6) is 0. The van der Waals surface area contributed by atoms with Crippen LogP contribution >= 0.6 is 0 Å². The molecule has 0 unspecified atom stereocenters. The summed E-state index contributed by atoms with van der Waals surface area (Å²) in [5, 5.41) is 0. The lowest BCUT2D eigenvalue weighted by molar-refractivity contribution is -0.104. The summed E-state index contributed by atoms with van der Waals surface area (Å²) in [6, 6.07) is 0. The number of carbonyl (C=O) groups excluding carboxylic acids is 1. The Kier molecular flexibility index (Phi) is 1.20. The van der Waals surface area contributed by atoms with E-state index < -0.39 is 0 Å². The minimum atomic E-state index is 0.390. The fourth-order valence-corrected chi connectivity index (χ4v) is 0.635. The molecule has 0 bridgehead atoms. The van der Waals surface area contributed by atoms with Gasteiger partial charge in [0.1, 0.15) is 6.29 Å². The fraction of sp³-hybridized carbons (Fsp3) is 0.571. The zero-order valence-electron chi connectivity index (χ0n) is 5.05. The monoisotopic (exact) mass is 110 g/mol. The highest BCUT2D eigenvalue weighted by Gasteiger charge is 2.33. The summed E-state index contributed by atoms with van der Waals surface area (Å²) in [4.78, 5) is 9.79. The molecular formula is C7H10O. The number of allylic oxidation sites excluding steroid dienone is 2. The highest BCUT2D eigenvalue weighted by Crippen LogP contribution is 2.45. The average molecular weight is 110 g/mol. The molecule has 1 rings (SSSR count). The van der Waals surface area contributed by atoms with E-state index >= 15 is 0 Å². The third-order valence-electron chi connectivity index (χ3n) is 1.62. The molecule has 0 atom stereocenters. The van der Waals surface area contributed by atoms with Crippen LogP contribution in [0.2, 0.25) is 0 Å². The van der Waals surface area contributed by atoms with Crippen molar-refractivity contribution in [2.75, 3.05) is 0 Å². The highest BCUT2D eigenvalue weighted by molar-refractivity contribution is 5.65. The van der Waals surface area contributed by atoms with Gasteiger partial charge in [0.05, 0.1) is 0 Å². The van der Waals surface area contributed by atoms with Gasteiger partial charge in [0.2, 0.25) is 0 Å². The number of hydrogen-bond donors (Lipinski definition) is 0. The summed E-state index contributed by atoms with van der Waals surface area (Å²) >= 11 is 0. The maximum atomic E-state index is 9.79. The van der Waals surface area contributed by atoms with Crippen molar-refractivity contribution >= 4 is 6.29 Å². The molecule has 0 spiro atoms. The van der Waals surface area contributed by atoms with E-state index in [1.54, 1.807) is 6.08 Å². The molecule has 1 saturated carbocycles. The SMILES string of the molecule is CC1(C=CC=O)CC1. The first-order valence-corrected chi connectivity index (χ1v) is 2.90. The molecule has 1 aliphatic carbocycles. The standard InChI is InChI=1S/C7H10O/c1-7(4-5-7)3-2-6-8/h2-3,6H,4-5H2,1H3. The van der Waals surface area contributed by atoms with Crippen molar-refractivity contribution in [1.82, 2.24) is 0 Å². The van der Waals surface area contributed by atoms with E-state index in [2.05, 4.69) is 6.92 Å². The van der Waals surface area contributed by atoms with Crippen molar-refractivity contribution in [3.05, 3.63) is 12.2 Å². The van der Waals surface area contributed by atoms with Crippen molar-refractivity contribution in [2.45, 2.75) is 19.8 Å².